The number of carbonyl (C=O) groups is 1. The number of hydrogen-bond donors (Lipinski definition) is 1. The van der Waals surface area contributed by atoms with Crippen molar-refractivity contribution in [3.8, 4) is 5.88 Å². The van der Waals surface area contributed by atoms with Gasteiger partial charge in [-0.2, -0.15) is 4.98 Å². The van der Waals surface area contributed by atoms with Crippen LogP contribution in [0, 0.1) is 6.57 Å². The predicted octanol–water partition coefficient (Wildman–Crippen LogP) is 4.32. The minimum absolute atomic E-state index is 0.0709. The molecule has 0 spiro atoms. The number of nitrogens with zero attached hydrogens (tertiary/aromatic N) is 4. The summed E-state index contributed by atoms with van der Waals surface area (Å²) in [7, 11) is 0. The van der Waals surface area contributed by atoms with Crippen LogP contribution in [0.3, 0.4) is 0 Å². The number of benzene rings is 1. The van der Waals surface area contributed by atoms with Gasteiger partial charge in [0, 0.05) is 41.9 Å². The standard InChI is InChI=1S/C20H17Cl2N5O2/c1-11-16-12-3-4-13(21)17(22)18(12)25-14(16)6-9-27(11)20(28)19-24-7-5-15(26-19)29-10-8-23-2/h3-5,7,11,25H,6,8-10H2,1H3/t11-/m1/s1. The average molecular weight is 430 g/mol. The van der Waals surface area contributed by atoms with Gasteiger partial charge in [-0.15, -0.1) is 0 Å². The lowest BCUT2D eigenvalue weighted by molar-refractivity contribution is 0.0664. The minimum atomic E-state index is -0.270. The number of aromatic nitrogens is 3. The Morgan fingerprint density at radius 3 is 3.03 bits per heavy atom. The Hall–Kier alpha value is -2.82. The fourth-order valence-corrected chi connectivity index (χ4v) is 4.03. The smallest absolute Gasteiger partial charge is 0.292 e. The summed E-state index contributed by atoms with van der Waals surface area (Å²) in [4.78, 5) is 29.8. The van der Waals surface area contributed by atoms with Crippen LogP contribution in [-0.4, -0.2) is 45.5 Å². The highest BCUT2D eigenvalue weighted by Crippen LogP contribution is 2.40. The minimum Gasteiger partial charge on any atom is -0.470 e. The van der Waals surface area contributed by atoms with Gasteiger partial charge in [0.1, 0.15) is 0 Å². The molecule has 3 aromatic rings. The maximum Gasteiger partial charge on any atom is 0.292 e. The average Bonchev–Trinajstić information content (AvgIpc) is 3.11. The van der Waals surface area contributed by atoms with Crippen molar-refractivity contribution in [3.63, 3.8) is 0 Å². The second kappa shape index (κ2) is 7.90. The zero-order valence-corrected chi connectivity index (χ0v) is 17.1. The first-order valence-corrected chi connectivity index (χ1v) is 9.85. The van der Waals surface area contributed by atoms with E-state index in [-0.39, 0.29) is 36.8 Å². The van der Waals surface area contributed by atoms with Crippen LogP contribution in [0.1, 0.15) is 34.8 Å². The van der Waals surface area contributed by atoms with Gasteiger partial charge in [0.2, 0.25) is 18.2 Å². The van der Waals surface area contributed by atoms with Crippen LogP contribution in [0.4, 0.5) is 0 Å². The van der Waals surface area contributed by atoms with E-state index in [2.05, 4.69) is 19.8 Å². The Balaban J connectivity index is 1.63. The first kappa shape index (κ1) is 19.5. The van der Waals surface area contributed by atoms with Crippen LogP contribution in [0.15, 0.2) is 24.4 Å². The van der Waals surface area contributed by atoms with E-state index in [1.165, 1.54) is 6.20 Å². The number of carbonyl (C=O) groups excluding carboxylic acids is 1. The normalized spacial score (nSPS) is 15.8. The number of nitrogens with one attached hydrogen (secondary N) is 1. The molecule has 0 radical (unpaired) electrons. The van der Waals surface area contributed by atoms with Gasteiger partial charge in [-0.05, 0) is 13.0 Å². The van der Waals surface area contributed by atoms with E-state index in [0.717, 1.165) is 22.2 Å². The number of amides is 1. The molecule has 4 rings (SSSR count). The van der Waals surface area contributed by atoms with Gasteiger partial charge < -0.3 is 19.5 Å². The van der Waals surface area contributed by atoms with Gasteiger partial charge in [-0.25, -0.2) is 11.6 Å². The van der Waals surface area contributed by atoms with Crippen molar-refractivity contribution in [1.82, 2.24) is 19.9 Å². The summed E-state index contributed by atoms with van der Waals surface area (Å²) in [5, 5.41) is 1.93. The second-order valence-electron chi connectivity index (χ2n) is 6.67. The van der Waals surface area contributed by atoms with Crippen LogP contribution >= 0.6 is 23.2 Å². The quantitative estimate of drug-likeness (QED) is 0.494. The lowest BCUT2D eigenvalue weighted by Gasteiger charge is -2.33. The van der Waals surface area contributed by atoms with Crippen LogP contribution in [-0.2, 0) is 6.42 Å². The SMILES string of the molecule is [C-]#[N+]CCOc1ccnc(C(=O)N2CCc3[nH]c4c(Cl)c(Cl)ccc4c3[C@H]2C)n1. The fourth-order valence-electron chi connectivity index (χ4n) is 3.66. The third-order valence-electron chi connectivity index (χ3n) is 5.01. The summed E-state index contributed by atoms with van der Waals surface area (Å²) in [5.74, 6) is 0.0839. The van der Waals surface area contributed by atoms with Gasteiger partial charge in [-0.3, -0.25) is 4.79 Å². The molecule has 7 nitrogen and oxygen atoms in total. The number of rotatable bonds is 4. The largest absolute Gasteiger partial charge is 0.470 e. The van der Waals surface area contributed by atoms with E-state index in [1.807, 2.05) is 13.0 Å². The Morgan fingerprint density at radius 1 is 1.41 bits per heavy atom. The second-order valence-corrected chi connectivity index (χ2v) is 7.46. The molecule has 0 bridgehead atoms. The van der Waals surface area contributed by atoms with E-state index in [1.54, 1.807) is 17.0 Å². The number of aromatic amines is 1. The highest BCUT2D eigenvalue weighted by molar-refractivity contribution is 6.45. The summed E-state index contributed by atoms with van der Waals surface area (Å²) < 4.78 is 5.41. The summed E-state index contributed by atoms with van der Waals surface area (Å²) >= 11 is 12.5. The molecular weight excluding hydrogens is 413 g/mol. The molecule has 1 aromatic carbocycles. The molecule has 1 N–H and O–H groups in total. The monoisotopic (exact) mass is 429 g/mol. The maximum atomic E-state index is 13.1. The maximum absolute atomic E-state index is 13.1. The third-order valence-corrected chi connectivity index (χ3v) is 5.81. The molecule has 2 aromatic heterocycles. The lowest BCUT2D eigenvalue weighted by atomic mass is 9.97. The molecule has 1 amide bonds. The Morgan fingerprint density at radius 2 is 2.24 bits per heavy atom. The number of H-pyrrole nitrogens is 1. The first-order valence-electron chi connectivity index (χ1n) is 9.09. The third kappa shape index (κ3) is 3.50. The molecule has 9 heteroatoms. The molecule has 29 heavy (non-hydrogen) atoms. The van der Waals surface area contributed by atoms with Crippen LogP contribution < -0.4 is 4.74 Å². The topological polar surface area (TPSA) is 75.5 Å². The fraction of sp³-hybridized carbons (Fsp3) is 0.300. The highest BCUT2D eigenvalue weighted by Gasteiger charge is 2.33. The number of fused-ring (bicyclic) bond motifs is 3. The summed E-state index contributed by atoms with van der Waals surface area (Å²) in [6, 6.07) is 5.07. The molecule has 148 valence electrons. The van der Waals surface area contributed by atoms with E-state index in [4.69, 9.17) is 34.5 Å². The molecule has 3 heterocycles. The molecular formula is C20H17Cl2N5O2. The van der Waals surface area contributed by atoms with Gasteiger partial charge in [0.15, 0.2) is 6.61 Å². The first-order chi connectivity index (χ1) is 14.0. The Kier molecular flexibility index (Phi) is 5.31. The summed E-state index contributed by atoms with van der Waals surface area (Å²) in [5.41, 5.74) is 2.87. The van der Waals surface area contributed by atoms with Crippen LogP contribution in [0.25, 0.3) is 15.7 Å². The van der Waals surface area contributed by atoms with Crippen molar-refractivity contribution in [3.05, 3.63) is 62.9 Å². The van der Waals surface area contributed by atoms with Gasteiger partial charge >= 0.3 is 0 Å². The predicted molar refractivity (Wildman–Crippen MR) is 110 cm³/mol. The lowest BCUT2D eigenvalue weighted by Crippen LogP contribution is -2.39. The van der Waals surface area contributed by atoms with E-state index in [0.29, 0.717) is 23.0 Å². The summed E-state index contributed by atoms with van der Waals surface area (Å²) in [6.45, 7) is 9.74. The van der Waals surface area contributed by atoms with Gasteiger partial charge in [0.05, 0.1) is 21.6 Å². The zero-order valence-electron chi connectivity index (χ0n) is 15.6. The zero-order chi connectivity index (χ0) is 20.5. The van der Waals surface area contributed by atoms with Crippen LogP contribution in [0.5, 0.6) is 5.88 Å². The van der Waals surface area contributed by atoms with E-state index in [9.17, 15) is 4.79 Å². The summed E-state index contributed by atoms with van der Waals surface area (Å²) in [6.07, 6.45) is 2.15. The number of halogens is 2. The molecule has 1 aliphatic heterocycles. The molecule has 0 fully saturated rings. The van der Waals surface area contributed by atoms with Gasteiger partial charge in [-0.1, -0.05) is 29.3 Å². The van der Waals surface area contributed by atoms with E-state index >= 15 is 0 Å². The molecule has 1 atom stereocenters. The highest BCUT2D eigenvalue weighted by atomic mass is 35.5. The molecule has 0 saturated carbocycles. The Bertz CT molecular complexity index is 1140. The molecule has 0 unspecified atom stereocenters. The number of hydrogen-bond acceptors (Lipinski definition) is 4. The van der Waals surface area contributed by atoms with Crippen molar-refractivity contribution < 1.29 is 9.53 Å². The van der Waals surface area contributed by atoms with Crippen molar-refractivity contribution in [2.75, 3.05) is 19.7 Å². The molecule has 0 saturated heterocycles. The van der Waals surface area contributed by atoms with Crippen molar-refractivity contribution in [2.45, 2.75) is 19.4 Å². The molecule has 0 aliphatic carbocycles. The van der Waals surface area contributed by atoms with Crippen molar-refractivity contribution in [1.29, 1.82) is 0 Å². The Labute approximate surface area is 177 Å². The van der Waals surface area contributed by atoms with Crippen molar-refractivity contribution >= 4 is 40.0 Å². The van der Waals surface area contributed by atoms with Crippen molar-refractivity contribution in [2.24, 2.45) is 0 Å². The van der Waals surface area contributed by atoms with Crippen LogP contribution in [0.2, 0.25) is 10.0 Å². The number of ether oxygens (including phenoxy) is 1. The van der Waals surface area contributed by atoms with E-state index < -0.39 is 0 Å². The molecule has 1 aliphatic rings. The van der Waals surface area contributed by atoms with Gasteiger partial charge in [0.25, 0.3) is 5.91 Å².